The van der Waals surface area contributed by atoms with E-state index in [4.69, 9.17) is 5.73 Å². The summed E-state index contributed by atoms with van der Waals surface area (Å²) >= 11 is 1.76. The summed E-state index contributed by atoms with van der Waals surface area (Å²) in [5.41, 5.74) is 5.95. The highest BCUT2D eigenvalue weighted by Crippen LogP contribution is 2.22. The molecule has 0 saturated carbocycles. The van der Waals surface area contributed by atoms with E-state index in [0.717, 1.165) is 17.9 Å². The normalized spacial score (nSPS) is 21.1. The van der Waals surface area contributed by atoms with Gasteiger partial charge in [0.05, 0.1) is 5.69 Å². The molecule has 0 aliphatic carbocycles. The molecule has 2 rings (SSSR count). The van der Waals surface area contributed by atoms with Gasteiger partial charge in [0, 0.05) is 11.8 Å². The number of para-hydroxylation sites is 1. The van der Waals surface area contributed by atoms with Crippen molar-refractivity contribution >= 4 is 27.5 Å². The van der Waals surface area contributed by atoms with E-state index in [1.165, 1.54) is 6.07 Å². The number of nitrogens with one attached hydrogen (secondary N) is 1. The Morgan fingerprint density at radius 2 is 2.12 bits per heavy atom. The van der Waals surface area contributed by atoms with Crippen molar-refractivity contribution in [3.8, 4) is 0 Å². The summed E-state index contributed by atoms with van der Waals surface area (Å²) in [5.74, 6) is 1.85. The third-order valence-corrected chi connectivity index (χ3v) is 5.22. The molecule has 16 heavy (non-hydrogen) atoms. The zero-order valence-electron chi connectivity index (χ0n) is 8.72. The van der Waals surface area contributed by atoms with Crippen LogP contribution in [-0.2, 0) is 10.0 Å². The van der Waals surface area contributed by atoms with Crippen molar-refractivity contribution in [1.29, 1.82) is 0 Å². The molecule has 1 aliphatic rings. The van der Waals surface area contributed by atoms with E-state index in [0.29, 0.717) is 5.69 Å². The van der Waals surface area contributed by atoms with Gasteiger partial charge in [-0.1, -0.05) is 12.1 Å². The van der Waals surface area contributed by atoms with Crippen molar-refractivity contribution in [2.45, 2.75) is 17.4 Å². The molecule has 3 N–H and O–H groups in total. The summed E-state index contributed by atoms with van der Waals surface area (Å²) in [6.07, 6.45) is 0.886. The van der Waals surface area contributed by atoms with Gasteiger partial charge < -0.3 is 5.73 Å². The first-order valence-corrected chi connectivity index (χ1v) is 7.68. The molecule has 1 heterocycles. The van der Waals surface area contributed by atoms with E-state index >= 15 is 0 Å². The van der Waals surface area contributed by atoms with Crippen LogP contribution in [0.15, 0.2) is 29.2 Å². The lowest BCUT2D eigenvalue weighted by Crippen LogP contribution is -2.34. The Balaban J connectivity index is 2.21. The fourth-order valence-electron chi connectivity index (χ4n) is 1.64. The van der Waals surface area contributed by atoms with Crippen LogP contribution in [0.5, 0.6) is 0 Å². The zero-order chi connectivity index (χ0) is 11.6. The van der Waals surface area contributed by atoms with Crippen LogP contribution in [-0.4, -0.2) is 26.0 Å². The number of benzene rings is 1. The number of sulfonamides is 1. The average molecular weight is 258 g/mol. The van der Waals surface area contributed by atoms with Gasteiger partial charge in [0.25, 0.3) is 0 Å². The van der Waals surface area contributed by atoms with Gasteiger partial charge in [-0.2, -0.15) is 11.8 Å². The van der Waals surface area contributed by atoms with Crippen LogP contribution in [0, 0.1) is 0 Å². The van der Waals surface area contributed by atoms with Crippen molar-refractivity contribution in [3.05, 3.63) is 24.3 Å². The van der Waals surface area contributed by atoms with Crippen molar-refractivity contribution in [3.63, 3.8) is 0 Å². The largest absolute Gasteiger partial charge is 0.398 e. The maximum Gasteiger partial charge on any atom is 0.242 e. The second kappa shape index (κ2) is 4.65. The summed E-state index contributed by atoms with van der Waals surface area (Å²) in [4.78, 5) is 0.173. The van der Waals surface area contributed by atoms with Crippen LogP contribution in [0.1, 0.15) is 6.42 Å². The fraction of sp³-hybridized carbons (Fsp3) is 0.400. The third kappa shape index (κ3) is 2.50. The molecule has 0 bridgehead atoms. The van der Waals surface area contributed by atoms with E-state index in [2.05, 4.69) is 4.72 Å². The molecular formula is C10H14N2O2S2. The predicted molar refractivity (Wildman–Crippen MR) is 66.9 cm³/mol. The van der Waals surface area contributed by atoms with E-state index in [1.54, 1.807) is 30.0 Å². The molecule has 1 aromatic carbocycles. The summed E-state index contributed by atoms with van der Waals surface area (Å²) in [7, 11) is -3.46. The molecule has 0 spiro atoms. The monoisotopic (exact) mass is 258 g/mol. The Morgan fingerprint density at radius 3 is 2.75 bits per heavy atom. The maximum absolute atomic E-state index is 12.0. The highest BCUT2D eigenvalue weighted by Gasteiger charge is 2.24. The van der Waals surface area contributed by atoms with Crippen molar-refractivity contribution < 1.29 is 8.42 Å². The lowest BCUT2D eigenvalue weighted by Gasteiger charge is -2.13. The van der Waals surface area contributed by atoms with Crippen LogP contribution in [0.25, 0.3) is 0 Å². The van der Waals surface area contributed by atoms with Gasteiger partial charge in [-0.05, 0) is 24.3 Å². The molecule has 1 aliphatic heterocycles. The van der Waals surface area contributed by atoms with Crippen molar-refractivity contribution in [2.75, 3.05) is 17.2 Å². The van der Waals surface area contributed by atoms with Gasteiger partial charge >= 0.3 is 0 Å². The van der Waals surface area contributed by atoms with Crippen LogP contribution < -0.4 is 10.5 Å². The standard InChI is InChI=1S/C10H14N2O2S2/c11-9-3-1-2-4-10(9)16(13,14)12-8-5-6-15-7-8/h1-4,8,12H,5-7,11H2. The highest BCUT2D eigenvalue weighted by molar-refractivity contribution is 7.99. The molecule has 1 unspecified atom stereocenters. The molecular weight excluding hydrogens is 244 g/mol. The fourth-order valence-corrected chi connectivity index (χ4v) is 4.30. The second-order valence-corrected chi connectivity index (χ2v) is 6.55. The molecule has 0 amide bonds. The summed E-state index contributed by atoms with van der Waals surface area (Å²) in [6, 6.07) is 6.56. The minimum atomic E-state index is -3.46. The first kappa shape index (κ1) is 11.8. The quantitative estimate of drug-likeness (QED) is 0.795. The molecule has 1 aromatic rings. The van der Waals surface area contributed by atoms with Crippen LogP contribution in [0.4, 0.5) is 5.69 Å². The Hall–Kier alpha value is -0.720. The van der Waals surface area contributed by atoms with E-state index < -0.39 is 10.0 Å². The number of hydrogen-bond acceptors (Lipinski definition) is 4. The summed E-state index contributed by atoms with van der Waals surface area (Å²) in [6.45, 7) is 0. The second-order valence-electron chi connectivity index (χ2n) is 3.72. The van der Waals surface area contributed by atoms with Crippen LogP contribution in [0.2, 0.25) is 0 Å². The Bertz CT molecular complexity index is 467. The molecule has 4 nitrogen and oxygen atoms in total. The lowest BCUT2D eigenvalue weighted by molar-refractivity contribution is 0.563. The Morgan fingerprint density at radius 1 is 1.38 bits per heavy atom. The average Bonchev–Trinajstić information content (AvgIpc) is 2.70. The van der Waals surface area contributed by atoms with Gasteiger partial charge in [-0.25, -0.2) is 13.1 Å². The number of rotatable bonds is 3. The van der Waals surface area contributed by atoms with Crippen molar-refractivity contribution in [2.24, 2.45) is 0 Å². The SMILES string of the molecule is Nc1ccccc1S(=O)(=O)NC1CCSC1. The van der Waals surface area contributed by atoms with Gasteiger partial charge in [0.1, 0.15) is 4.90 Å². The number of nitrogens with two attached hydrogens (primary N) is 1. The van der Waals surface area contributed by atoms with Gasteiger partial charge in [-0.3, -0.25) is 0 Å². The van der Waals surface area contributed by atoms with Gasteiger partial charge in [0.15, 0.2) is 0 Å². The Labute approximate surface area is 99.7 Å². The number of thioether (sulfide) groups is 1. The number of anilines is 1. The van der Waals surface area contributed by atoms with E-state index in [1.807, 2.05) is 0 Å². The predicted octanol–water partition coefficient (Wildman–Crippen LogP) is 1.05. The smallest absolute Gasteiger partial charge is 0.242 e. The third-order valence-electron chi connectivity index (χ3n) is 2.46. The topological polar surface area (TPSA) is 72.2 Å². The van der Waals surface area contributed by atoms with Crippen LogP contribution >= 0.6 is 11.8 Å². The molecule has 1 atom stereocenters. The zero-order valence-corrected chi connectivity index (χ0v) is 10.4. The lowest BCUT2D eigenvalue weighted by atomic mass is 10.3. The molecule has 1 fully saturated rings. The molecule has 0 aromatic heterocycles. The van der Waals surface area contributed by atoms with Gasteiger partial charge in [0.2, 0.25) is 10.0 Å². The van der Waals surface area contributed by atoms with Crippen molar-refractivity contribution in [1.82, 2.24) is 4.72 Å². The summed E-state index contributed by atoms with van der Waals surface area (Å²) < 4.78 is 26.7. The van der Waals surface area contributed by atoms with E-state index in [-0.39, 0.29) is 10.9 Å². The van der Waals surface area contributed by atoms with E-state index in [9.17, 15) is 8.42 Å². The molecule has 88 valence electrons. The number of nitrogen functional groups attached to an aromatic ring is 1. The molecule has 0 radical (unpaired) electrons. The molecule has 1 saturated heterocycles. The maximum atomic E-state index is 12.0. The molecule has 6 heteroatoms. The minimum Gasteiger partial charge on any atom is -0.398 e. The highest BCUT2D eigenvalue weighted by atomic mass is 32.2. The first-order valence-electron chi connectivity index (χ1n) is 5.04. The van der Waals surface area contributed by atoms with Gasteiger partial charge in [-0.15, -0.1) is 0 Å². The first-order chi connectivity index (χ1) is 7.59. The number of hydrogen-bond donors (Lipinski definition) is 2. The Kier molecular flexibility index (Phi) is 3.41. The minimum absolute atomic E-state index is 0.0367. The van der Waals surface area contributed by atoms with Crippen LogP contribution in [0.3, 0.4) is 0 Å². The summed E-state index contributed by atoms with van der Waals surface area (Å²) in [5, 5.41) is 0.